The van der Waals surface area contributed by atoms with E-state index in [2.05, 4.69) is 15.6 Å². The summed E-state index contributed by atoms with van der Waals surface area (Å²) in [6.45, 7) is 3.88. The zero-order valence-corrected chi connectivity index (χ0v) is 16.2. The molecule has 1 aromatic heterocycles. The maximum absolute atomic E-state index is 12.2. The minimum absolute atomic E-state index is 0.156. The smallest absolute Gasteiger partial charge is 0.368 e. The Morgan fingerprint density at radius 2 is 2.00 bits per heavy atom. The summed E-state index contributed by atoms with van der Waals surface area (Å²) < 4.78 is 2.39. The first-order valence-electron chi connectivity index (χ1n) is 8.64. The molecule has 3 aromatic rings. The van der Waals surface area contributed by atoms with Gasteiger partial charge in [0.05, 0.1) is 11.4 Å². The second-order valence-corrected chi connectivity index (χ2v) is 6.37. The van der Waals surface area contributed by atoms with Crippen molar-refractivity contribution in [2.75, 3.05) is 12.1 Å². The van der Waals surface area contributed by atoms with Crippen molar-refractivity contribution < 1.29 is 4.84 Å². The van der Waals surface area contributed by atoms with E-state index in [4.69, 9.17) is 4.84 Å². The quantitative estimate of drug-likeness (QED) is 0.479. The summed E-state index contributed by atoms with van der Waals surface area (Å²) in [7, 11) is 2.98. The number of hydroxylamine groups is 1. The average molecular weight is 381 g/mol. The molecule has 0 N–H and O–H groups in total. The molecule has 9 nitrogen and oxygen atoms in total. The molecule has 3 rings (SSSR count). The summed E-state index contributed by atoms with van der Waals surface area (Å²) in [6.07, 6.45) is 0. The van der Waals surface area contributed by atoms with Gasteiger partial charge in [0.1, 0.15) is 6.61 Å². The molecule has 28 heavy (non-hydrogen) atoms. The Morgan fingerprint density at radius 1 is 1.25 bits per heavy atom. The maximum Gasteiger partial charge on any atom is 0.368 e. The lowest BCUT2D eigenvalue weighted by Gasteiger charge is -2.25. The van der Waals surface area contributed by atoms with Crippen molar-refractivity contribution in [1.82, 2.24) is 19.8 Å². The van der Waals surface area contributed by atoms with Gasteiger partial charge < -0.3 is 15.1 Å². The van der Waals surface area contributed by atoms with Gasteiger partial charge in [-0.25, -0.2) is 4.79 Å². The number of nitrogens with zero attached hydrogens (tertiary/aromatic N) is 6. The number of anilines is 1. The van der Waals surface area contributed by atoms with Crippen LogP contribution in [0.4, 0.5) is 5.69 Å². The number of tetrazole rings is 1. The fourth-order valence-corrected chi connectivity index (χ4v) is 2.71. The molecule has 2 aromatic carbocycles. The maximum atomic E-state index is 12.2. The van der Waals surface area contributed by atoms with E-state index >= 15 is 0 Å². The third kappa shape index (κ3) is 3.94. The molecule has 0 aliphatic heterocycles. The highest BCUT2D eigenvalue weighted by Crippen LogP contribution is 2.19. The molecule has 0 aliphatic rings. The number of hydrogen-bond donors (Lipinski definition) is 0. The van der Waals surface area contributed by atoms with E-state index < -0.39 is 0 Å². The standard InChI is InChI=1S/C19H21N6O3/c1-13-7-5-10-18(25-19(26)23(3)21-22-25)17(13)12-28-20-14(2)15-8-6-9-16(11-15)24(4)27/h5-11H,12H2,1-4H3/q-1/b20-14+. The van der Waals surface area contributed by atoms with E-state index in [1.165, 1.54) is 11.7 Å². The second-order valence-electron chi connectivity index (χ2n) is 6.37. The SMILES string of the molecule is C/C(=N\OCc1c(C)cccc1-n1nnn(C)c1=O)c1cccc(N(C)[O-])c1. The summed E-state index contributed by atoms with van der Waals surface area (Å²) in [5.74, 6) is 0. The summed E-state index contributed by atoms with van der Waals surface area (Å²) in [4.78, 5) is 17.7. The Morgan fingerprint density at radius 3 is 2.68 bits per heavy atom. The molecule has 0 radical (unpaired) electrons. The number of aromatic nitrogens is 4. The van der Waals surface area contributed by atoms with Crippen molar-refractivity contribution in [3.8, 4) is 5.69 Å². The summed E-state index contributed by atoms with van der Waals surface area (Å²) in [5, 5.41) is 24.1. The Balaban J connectivity index is 1.83. The average Bonchev–Trinajstić information content (AvgIpc) is 3.01. The molecule has 0 atom stereocenters. The molecule has 0 amide bonds. The molecule has 0 saturated heterocycles. The van der Waals surface area contributed by atoms with E-state index in [0.717, 1.165) is 26.4 Å². The summed E-state index contributed by atoms with van der Waals surface area (Å²) in [5.41, 5.74) is 3.94. The van der Waals surface area contributed by atoms with Gasteiger partial charge in [-0.2, -0.15) is 9.36 Å². The van der Waals surface area contributed by atoms with Crippen molar-refractivity contribution in [2.45, 2.75) is 20.5 Å². The predicted molar refractivity (Wildman–Crippen MR) is 107 cm³/mol. The highest BCUT2D eigenvalue weighted by Gasteiger charge is 2.13. The van der Waals surface area contributed by atoms with Crippen LogP contribution in [0.2, 0.25) is 0 Å². The van der Waals surface area contributed by atoms with Gasteiger partial charge in [-0.15, -0.1) is 0 Å². The van der Waals surface area contributed by atoms with E-state index in [1.807, 2.05) is 25.1 Å². The first-order valence-corrected chi connectivity index (χ1v) is 8.64. The van der Waals surface area contributed by atoms with E-state index in [9.17, 15) is 10.0 Å². The van der Waals surface area contributed by atoms with Crippen LogP contribution in [0.1, 0.15) is 23.6 Å². The predicted octanol–water partition coefficient (Wildman–Crippen LogP) is 2.15. The Labute approximate surface area is 162 Å². The van der Waals surface area contributed by atoms with Crippen molar-refractivity contribution in [1.29, 1.82) is 0 Å². The lowest BCUT2D eigenvalue weighted by atomic mass is 10.1. The number of hydrogen-bond acceptors (Lipinski definition) is 7. The van der Waals surface area contributed by atoms with Crippen LogP contribution in [-0.4, -0.2) is 32.5 Å². The molecule has 0 fully saturated rings. The number of aryl methyl sites for hydroxylation is 2. The molecule has 0 spiro atoms. The highest BCUT2D eigenvalue weighted by molar-refractivity contribution is 5.99. The van der Waals surface area contributed by atoms with Gasteiger partial charge in [-0.05, 0) is 55.1 Å². The third-order valence-electron chi connectivity index (χ3n) is 4.37. The van der Waals surface area contributed by atoms with Crippen molar-refractivity contribution in [3.05, 3.63) is 74.8 Å². The van der Waals surface area contributed by atoms with Gasteiger partial charge in [-0.1, -0.05) is 29.4 Å². The van der Waals surface area contributed by atoms with Gasteiger partial charge in [0.15, 0.2) is 0 Å². The van der Waals surface area contributed by atoms with E-state index in [0.29, 0.717) is 17.1 Å². The molecule has 9 heteroatoms. The van der Waals surface area contributed by atoms with Crippen molar-refractivity contribution in [3.63, 3.8) is 0 Å². The first-order chi connectivity index (χ1) is 13.4. The fraction of sp³-hybridized carbons (Fsp3) is 0.263. The molecule has 0 bridgehead atoms. The molecular formula is C19H21N6O3-. The third-order valence-corrected chi connectivity index (χ3v) is 4.37. The van der Waals surface area contributed by atoms with Crippen LogP contribution in [0.15, 0.2) is 52.4 Å². The van der Waals surface area contributed by atoms with E-state index in [1.54, 1.807) is 38.2 Å². The molecular weight excluding hydrogens is 360 g/mol. The lowest BCUT2D eigenvalue weighted by molar-refractivity contribution is 0.130. The highest BCUT2D eigenvalue weighted by atomic mass is 16.6. The molecule has 0 unspecified atom stereocenters. The zero-order valence-electron chi connectivity index (χ0n) is 16.2. The number of rotatable bonds is 6. The largest absolute Gasteiger partial charge is 0.758 e. The van der Waals surface area contributed by atoms with Crippen molar-refractivity contribution in [2.24, 2.45) is 12.2 Å². The lowest BCUT2D eigenvalue weighted by Crippen LogP contribution is -2.23. The Bertz CT molecular complexity index is 1070. The summed E-state index contributed by atoms with van der Waals surface area (Å²) in [6, 6.07) is 12.7. The van der Waals surface area contributed by atoms with E-state index in [-0.39, 0.29) is 12.3 Å². The van der Waals surface area contributed by atoms with Crippen LogP contribution >= 0.6 is 0 Å². The number of oxime groups is 1. The minimum Gasteiger partial charge on any atom is -0.758 e. The van der Waals surface area contributed by atoms with Gasteiger partial charge in [0.25, 0.3) is 0 Å². The fourth-order valence-electron chi connectivity index (χ4n) is 2.71. The topological polar surface area (TPSA) is 101 Å². The van der Waals surface area contributed by atoms with Gasteiger partial charge >= 0.3 is 5.69 Å². The van der Waals surface area contributed by atoms with Crippen LogP contribution in [0, 0.1) is 12.1 Å². The van der Waals surface area contributed by atoms with Crippen LogP contribution in [0.25, 0.3) is 5.69 Å². The Hall–Kier alpha value is -3.46. The minimum atomic E-state index is -0.343. The van der Waals surface area contributed by atoms with Gasteiger partial charge in [0.2, 0.25) is 0 Å². The van der Waals surface area contributed by atoms with Crippen LogP contribution in [-0.2, 0) is 18.5 Å². The monoisotopic (exact) mass is 381 g/mol. The normalized spacial score (nSPS) is 11.5. The van der Waals surface area contributed by atoms with Crippen molar-refractivity contribution >= 4 is 11.4 Å². The second kappa shape index (κ2) is 8.05. The number of benzene rings is 2. The molecule has 0 saturated carbocycles. The van der Waals surface area contributed by atoms with Gasteiger partial charge in [-0.3, -0.25) is 0 Å². The Kier molecular flexibility index (Phi) is 5.55. The zero-order chi connectivity index (χ0) is 20.3. The van der Waals surface area contributed by atoms with Crippen LogP contribution in [0.5, 0.6) is 0 Å². The molecule has 146 valence electrons. The first kappa shape index (κ1) is 19.3. The van der Waals surface area contributed by atoms with Crippen LogP contribution in [0.3, 0.4) is 0 Å². The molecule has 0 aliphatic carbocycles. The van der Waals surface area contributed by atoms with Gasteiger partial charge in [0, 0.05) is 23.9 Å². The summed E-state index contributed by atoms with van der Waals surface area (Å²) >= 11 is 0. The molecule has 1 heterocycles. The van der Waals surface area contributed by atoms with Crippen LogP contribution < -0.4 is 10.8 Å².